The molecule has 4 heteroatoms. The van der Waals surface area contributed by atoms with Gasteiger partial charge in [-0.1, -0.05) is 38.3 Å². The first-order chi connectivity index (χ1) is 11.2. The molecule has 0 N–H and O–H groups in total. The number of unbranched alkanes of at least 4 members (excludes halogenated alkanes) is 3. The van der Waals surface area contributed by atoms with E-state index < -0.39 is 6.16 Å². The van der Waals surface area contributed by atoms with E-state index in [2.05, 4.69) is 19.6 Å². The number of rotatable bonds is 7. The maximum absolute atomic E-state index is 11.7. The van der Waals surface area contributed by atoms with Crippen molar-refractivity contribution < 1.29 is 14.3 Å². The van der Waals surface area contributed by atoms with Crippen LogP contribution in [0.5, 0.6) is 5.75 Å². The van der Waals surface area contributed by atoms with Gasteiger partial charge in [-0.3, -0.25) is 0 Å². The fraction of sp³-hybridized carbons (Fsp3) is 0.421. The third kappa shape index (κ3) is 4.90. The predicted molar refractivity (Wildman–Crippen MR) is 95.8 cm³/mol. The minimum Gasteiger partial charge on any atom is -0.434 e. The Morgan fingerprint density at radius 2 is 1.91 bits per heavy atom. The van der Waals surface area contributed by atoms with Crippen LogP contribution in [0.1, 0.15) is 45.1 Å². The van der Waals surface area contributed by atoms with Gasteiger partial charge in [0.15, 0.2) is 0 Å². The Morgan fingerprint density at radius 1 is 1.09 bits per heavy atom. The second-order valence-electron chi connectivity index (χ2n) is 5.55. The Kier molecular flexibility index (Phi) is 6.78. The smallest absolute Gasteiger partial charge is 0.434 e. The van der Waals surface area contributed by atoms with Crippen molar-refractivity contribution in [1.82, 2.24) is 0 Å². The van der Waals surface area contributed by atoms with Crippen LogP contribution in [-0.4, -0.2) is 12.8 Å². The summed E-state index contributed by atoms with van der Waals surface area (Å²) in [5, 5.41) is 0. The highest BCUT2D eigenvalue weighted by atomic mass is 32.1. The van der Waals surface area contributed by atoms with Crippen molar-refractivity contribution in [2.24, 2.45) is 0 Å². The van der Waals surface area contributed by atoms with Crippen molar-refractivity contribution in [3.05, 3.63) is 35.9 Å². The Labute approximate surface area is 143 Å². The van der Waals surface area contributed by atoms with Gasteiger partial charge in [-0.25, -0.2) is 4.79 Å². The number of aryl methyl sites for hydroxylation is 1. The number of thiol groups is 1. The molecule has 2 aliphatic carbocycles. The zero-order chi connectivity index (χ0) is 16.7. The SMILES string of the molecule is CCCCCCc1cc(OC(=O)OCC)c2cccc(S)cc1-2. The fourth-order valence-electron chi connectivity index (χ4n) is 2.67. The van der Waals surface area contributed by atoms with Crippen molar-refractivity contribution in [2.75, 3.05) is 6.61 Å². The average Bonchev–Trinajstić information content (AvgIpc) is 2.69. The van der Waals surface area contributed by atoms with Crippen LogP contribution in [0.3, 0.4) is 0 Å². The largest absolute Gasteiger partial charge is 0.513 e. The number of carbonyl (C=O) groups excluding carboxylic acids is 1. The second kappa shape index (κ2) is 8.82. The van der Waals surface area contributed by atoms with Crippen molar-refractivity contribution >= 4 is 18.8 Å². The topological polar surface area (TPSA) is 35.5 Å². The van der Waals surface area contributed by atoms with Crippen LogP contribution in [0, 0.1) is 0 Å². The van der Waals surface area contributed by atoms with E-state index >= 15 is 0 Å². The third-order valence-corrected chi connectivity index (χ3v) is 4.06. The highest BCUT2D eigenvalue weighted by Crippen LogP contribution is 2.39. The number of ether oxygens (including phenoxy) is 2. The van der Waals surface area contributed by atoms with Crippen LogP contribution in [0.25, 0.3) is 11.1 Å². The standard InChI is InChI=1S/C19H24O3S/c1-3-5-6-7-9-14-12-18(22-19(20)21-4-2)16-11-8-10-15(23)13-17(14)16/h8,10-13,23H,3-7,9H2,1-2H3. The molecule has 0 bridgehead atoms. The molecule has 0 fully saturated rings. The van der Waals surface area contributed by atoms with Crippen molar-refractivity contribution in [3.8, 4) is 16.9 Å². The monoisotopic (exact) mass is 332 g/mol. The van der Waals surface area contributed by atoms with E-state index in [0.717, 1.165) is 28.9 Å². The Hall–Kier alpha value is -1.68. The molecule has 3 nitrogen and oxygen atoms in total. The molecule has 23 heavy (non-hydrogen) atoms. The lowest BCUT2D eigenvalue weighted by Gasteiger charge is -2.04. The number of hydrogen-bond donors (Lipinski definition) is 1. The molecule has 0 aromatic rings. The minimum atomic E-state index is -0.658. The molecular formula is C19H24O3S. The molecule has 2 rings (SSSR count). The molecule has 0 saturated heterocycles. The van der Waals surface area contributed by atoms with Crippen LogP contribution in [0.15, 0.2) is 35.2 Å². The zero-order valence-corrected chi connectivity index (χ0v) is 14.7. The molecular weight excluding hydrogens is 308 g/mol. The maximum Gasteiger partial charge on any atom is 0.513 e. The van der Waals surface area contributed by atoms with E-state index in [1.165, 1.54) is 24.8 Å². The van der Waals surface area contributed by atoms with Gasteiger partial charge in [0.25, 0.3) is 0 Å². The first-order valence-corrected chi connectivity index (χ1v) is 8.69. The van der Waals surface area contributed by atoms with Gasteiger partial charge in [0.2, 0.25) is 0 Å². The van der Waals surface area contributed by atoms with Crippen molar-refractivity contribution in [2.45, 2.75) is 50.8 Å². The van der Waals surface area contributed by atoms with Crippen molar-refractivity contribution in [1.29, 1.82) is 0 Å². The molecule has 0 spiro atoms. The third-order valence-electron chi connectivity index (χ3n) is 3.78. The summed E-state index contributed by atoms with van der Waals surface area (Å²) in [4.78, 5) is 12.5. The number of carbonyl (C=O) groups is 1. The van der Waals surface area contributed by atoms with E-state index in [1.807, 2.05) is 30.3 Å². The van der Waals surface area contributed by atoms with Gasteiger partial charge < -0.3 is 9.47 Å². The molecule has 0 saturated carbocycles. The van der Waals surface area contributed by atoms with Gasteiger partial charge >= 0.3 is 6.16 Å². The van der Waals surface area contributed by atoms with Crippen LogP contribution < -0.4 is 4.74 Å². The fourth-order valence-corrected chi connectivity index (χ4v) is 2.89. The molecule has 0 atom stereocenters. The first kappa shape index (κ1) is 17.7. The van der Waals surface area contributed by atoms with E-state index in [1.54, 1.807) is 6.92 Å². The molecule has 0 aromatic heterocycles. The quantitative estimate of drug-likeness (QED) is 0.399. The lowest BCUT2D eigenvalue weighted by atomic mass is 10.0. The van der Waals surface area contributed by atoms with Crippen LogP contribution in [0.4, 0.5) is 4.79 Å². The normalized spacial score (nSPS) is 10.7. The number of fused-ring (bicyclic) bond motifs is 1. The van der Waals surface area contributed by atoms with Gasteiger partial charge in [-0.15, -0.1) is 12.6 Å². The Bertz CT molecular complexity index is 624. The summed E-state index contributed by atoms with van der Waals surface area (Å²) < 4.78 is 10.3. The summed E-state index contributed by atoms with van der Waals surface area (Å²) >= 11 is 4.46. The Morgan fingerprint density at radius 3 is 2.65 bits per heavy atom. The lowest BCUT2D eigenvalue weighted by molar-refractivity contribution is 0.104. The van der Waals surface area contributed by atoms with Gasteiger partial charge in [0, 0.05) is 10.5 Å². The molecule has 2 aliphatic rings. The van der Waals surface area contributed by atoms with E-state index in [4.69, 9.17) is 9.47 Å². The molecule has 0 unspecified atom stereocenters. The first-order valence-electron chi connectivity index (χ1n) is 8.25. The maximum atomic E-state index is 11.7. The molecule has 0 amide bonds. The average molecular weight is 332 g/mol. The van der Waals surface area contributed by atoms with E-state index in [9.17, 15) is 4.79 Å². The molecule has 124 valence electrons. The van der Waals surface area contributed by atoms with Crippen molar-refractivity contribution in [3.63, 3.8) is 0 Å². The van der Waals surface area contributed by atoms with Crippen LogP contribution in [-0.2, 0) is 11.2 Å². The highest BCUT2D eigenvalue weighted by Gasteiger charge is 2.19. The summed E-state index contributed by atoms with van der Waals surface area (Å²) in [5.74, 6) is 0.563. The lowest BCUT2D eigenvalue weighted by Crippen LogP contribution is -2.09. The molecule has 0 radical (unpaired) electrons. The van der Waals surface area contributed by atoms with Gasteiger partial charge in [0.05, 0.1) is 6.61 Å². The van der Waals surface area contributed by atoms with Crippen LogP contribution in [0.2, 0.25) is 0 Å². The summed E-state index contributed by atoms with van der Waals surface area (Å²) in [6.07, 6.45) is 5.12. The molecule has 0 heterocycles. The van der Waals surface area contributed by atoms with E-state index in [-0.39, 0.29) is 0 Å². The Balaban J connectivity index is 2.26. The summed E-state index contributed by atoms with van der Waals surface area (Å²) in [6.45, 7) is 4.27. The molecule has 0 aliphatic heterocycles. The van der Waals surface area contributed by atoms with Gasteiger partial charge in [0.1, 0.15) is 5.75 Å². The summed E-state index contributed by atoms with van der Waals surface area (Å²) in [5.41, 5.74) is 3.21. The molecule has 0 aromatic carbocycles. The predicted octanol–water partition coefficient (Wildman–Crippen LogP) is 5.74. The zero-order valence-electron chi connectivity index (χ0n) is 13.8. The van der Waals surface area contributed by atoms with Crippen LogP contribution >= 0.6 is 12.6 Å². The summed E-state index contributed by atoms with van der Waals surface area (Å²) in [7, 11) is 0. The second-order valence-corrected chi connectivity index (χ2v) is 6.07. The number of hydrogen-bond acceptors (Lipinski definition) is 4. The van der Waals surface area contributed by atoms with E-state index in [0.29, 0.717) is 12.4 Å². The minimum absolute atomic E-state index is 0.302. The van der Waals surface area contributed by atoms with Gasteiger partial charge in [-0.05, 0) is 49.1 Å². The highest BCUT2D eigenvalue weighted by molar-refractivity contribution is 7.80. The van der Waals surface area contributed by atoms with Gasteiger partial charge in [-0.2, -0.15) is 0 Å². The summed E-state index contributed by atoms with van der Waals surface area (Å²) in [6, 6.07) is 9.80.